The van der Waals surface area contributed by atoms with Crippen LogP contribution in [0.5, 0.6) is 5.75 Å². The summed E-state index contributed by atoms with van der Waals surface area (Å²) in [6.45, 7) is 7.22. The number of aryl methyl sites for hydroxylation is 1. The fourth-order valence-electron chi connectivity index (χ4n) is 4.20. The normalized spacial score (nSPS) is 15.7. The molecule has 188 valence electrons. The Morgan fingerprint density at radius 2 is 2.03 bits per heavy atom. The first-order valence-corrected chi connectivity index (χ1v) is 12.6. The molecule has 1 aromatic carbocycles. The molecule has 10 heteroatoms. The number of nitrogens with zero attached hydrogens (tertiary/aromatic N) is 5. The summed E-state index contributed by atoms with van der Waals surface area (Å²) in [5.74, 6) is 0.653. The van der Waals surface area contributed by atoms with Gasteiger partial charge >= 0.3 is 0 Å². The van der Waals surface area contributed by atoms with Gasteiger partial charge in [-0.05, 0) is 44.5 Å². The highest BCUT2D eigenvalue weighted by Gasteiger charge is 2.26. The first-order valence-electron chi connectivity index (χ1n) is 11.6. The molecular weight excluding hydrogens is 478 g/mol. The number of fused-ring (bicyclic) bond motifs is 3. The molecule has 0 saturated carbocycles. The van der Waals surface area contributed by atoms with E-state index in [1.54, 1.807) is 27.8 Å². The molecule has 0 bridgehead atoms. The van der Waals surface area contributed by atoms with Crippen LogP contribution in [0.1, 0.15) is 24.3 Å². The molecule has 0 atom stereocenters. The number of hydrogen-bond acceptors (Lipinski definition) is 8. The van der Waals surface area contributed by atoms with Crippen molar-refractivity contribution >= 4 is 39.7 Å². The van der Waals surface area contributed by atoms with Crippen LogP contribution in [0.2, 0.25) is 0 Å². The summed E-state index contributed by atoms with van der Waals surface area (Å²) in [5.41, 5.74) is 4.89. The minimum absolute atomic E-state index is 0.248. The second-order valence-corrected chi connectivity index (χ2v) is 10.2. The fourth-order valence-corrected chi connectivity index (χ4v) is 4.82. The van der Waals surface area contributed by atoms with E-state index in [2.05, 4.69) is 36.0 Å². The van der Waals surface area contributed by atoms with Crippen LogP contribution in [0.15, 0.2) is 45.6 Å². The molecule has 0 radical (unpaired) electrons. The Balaban J connectivity index is 0.000000252. The van der Waals surface area contributed by atoms with Gasteiger partial charge in [0.05, 0.1) is 31.7 Å². The Labute approximate surface area is 212 Å². The van der Waals surface area contributed by atoms with Crippen molar-refractivity contribution in [2.24, 2.45) is 7.05 Å². The van der Waals surface area contributed by atoms with Crippen LogP contribution in [0.25, 0.3) is 39.0 Å². The number of methoxy groups -OCH3 is 1. The van der Waals surface area contributed by atoms with Gasteiger partial charge in [0.2, 0.25) is 0 Å². The Morgan fingerprint density at radius 1 is 1.19 bits per heavy atom. The van der Waals surface area contributed by atoms with Crippen molar-refractivity contribution < 1.29 is 18.7 Å². The number of hydrogen-bond donors (Lipinski definition) is 0. The van der Waals surface area contributed by atoms with Gasteiger partial charge in [-0.2, -0.15) is 21.5 Å². The molecule has 0 aliphatic carbocycles. The minimum Gasteiger partial charge on any atom is -0.496 e. The van der Waals surface area contributed by atoms with E-state index in [9.17, 15) is 4.79 Å². The summed E-state index contributed by atoms with van der Waals surface area (Å²) in [6.07, 6.45) is 2.59. The molecule has 0 amide bonds. The fraction of sp³-hybridized carbons (Fsp3) is 0.346. The lowest BCUT2D eigenvalue weighted by Crippen LogP contribution is -2.50. The maximum Gasteiger partial charge on any atom is 0.184 e. The van der Waals surface area contributed by atoms with E-state index in [0.717, 1.165) is 47.6 Å². The summed E-state index contributed by atoms with van der Waals surface area (Å²) in [5, 5.41) is 13.7. The van der Waals surface area contributed by atoms with Crippen LogP contribution >= 0.6 is 11.3 Å². The van der Waals surface area contributed by atoms with E-state index >= 15 is 0 Å². The first kappa shape index (κ1) is 24.2. The topological polar surface area (TPSA) is 87.6 Å². The van der Waals surface area contributed by atoms with Crippen molar-refractivity contribution in [3.8, 4) is 22.7 Å². The van der Waals surface area contributed by atoms with Gasteiger partial charge in [0.1, 0.15) is 16.8 Å². The van der Waals surface area contributed by atoms with Crippen LogP contribution in [0.3, 0.4) is 0 Å². The van der Waals surface area contributed by atoms with E-state index < -0.39 is 0 Å². The molecule has 6 rings (SSSR count). The number of carbonyl (C=O) groups excluding carboxylic acids is 1. The number of aldehydes is 1. The standard InChI is InChI=1S/C19H14N4O3S.C7H15NO/c1-22-5-3-14(20-22)12-7-13-17(8-16(12)25-2)26-19-15(9-24)21-23(18(13)19)11-4-6-27-10-11;1-7(2)6-9-5-4-8(7)3/h3-10H,1-2H3;4-6H2,1-3H3. The zero-order valence-corrected chi connectivity index (χ0v) is 21.8. The molecule has 5 aromatic rings. The van der Waals surface area contributed by atoms with Gasteiger partial charge in [-0.15, -0.1) is 0 Å². The molecule has 36 heavy (non-hydrogen) atoms. The summed E-state index contributed by atoms with van der Waals surface area (Å²) in [7, 11) is 5.62. The molecule has 0 unspecified atom stereocenters. The third kappa shape index (κ3) is 4.32. The number of morpholine rings is 1. The van der Waals surface area contributed by atoms with Gasteiger partial charge in [-0.3, -0.25) is 14.4 Å². The highest BCUT2D eigenvalue weighted by molar-refractivity contribution is 7.08. The van der Waals surface area contributed by atoms with Crippen LogP contribution in [-0.2, 0) is 11.8 Å². The predicted molar refractivity (Wildman–Crippen MR) is 140 cm³/mol. The second-order valence-electron chi connectivity index (χ2n) is 9.39. The molecule has 0 spiro atoms. The van der Waals surface area contributed by atoms with Crippen molar-refractivity contribution in [2.45, 2.75) is 19.4 Å². The first-order chi connectivity index (χ1) is 17.3. The maximum absolute atomic E-state index is 11.5. The highest BCUT2D eigenvalue weighted by Crippen LogP contribution is 2.39. The average Bonchev–Trinajstić information content (AvgIpc) is 3.65. The lowest BCUT2D eigenvalue weighted by molar-refractivity contribution is -0.0372. The van der Waals surface area contributed by atoms with Gasteiger partial charge < -0.3 is 13.9 Å². The van der Waals surface area contributed by atoms with Gasteiger partial charge in [0.15, 0.2) is 17.6 Å². The van der Waals surface area contributed by atoms with Crippen LogP contribution in [0.4, 0.5) is 0 Å². The predicted octanol–water partition coefficient (Wildman–Crippen LogP) is 4.78. The molecule has 0 N–H and O–H groups in total. The summed E-state index contributed by atoms with van der Waals surface area (Å²) in [6, 6.07) is 7.68. The van der Waals surface area contributed by atoms with Gasteiger partial charge in [0, 0.05) is 47.7 Å². The average molecular weight is 508 g/mol. The SMILES string of the molecule is CN1CCOCC1(C)C.COc1cc2oc3c(C=O)nn(-c4ccsc4)c3c2cc1-c1ccn(C)n1. The summed E-state index contributed by atoms with van der Waals surface area (Å²) >= 11 is 1.56. The van der Waals surface area contributed by atoms with Crippen molar-refractivity contribution in [2.75, 3.05) is 33.9 Å². The molecule has 1 aliphatic rings. The van der Waals surface area contributed by atoms with Gasteiger partial charge in [-0.25, -0.2) is 4.68 Å². The summed E-state index contributed by atoms with van der Waals surface area (Å²) in [4.78, 5) is 13.9. The Bertz CT molecular complexity index is 1510. The third-order valence-electron chi connectivity index (χ3n) is 6.55. The molecule has 1 saturated heterocycles. The molecule has 1 fully saturated rings. The van der Waals surface area contributed by atoms with E-state index in [-0.39, 0.29) is 11.2 Å². The number of thiophene rings is 1. The number of furan rings is 1. The number of likely N-dealkylation sites (N-methyl/N-ethyl adjacent to an activating group) is 1. The van der Waals surface area contributed by atoms with Crippen LogP contribution < -0.4 is 4.74 Å². The molecular formula is C26H29N5O4S. The quantitative estimate of drug-likeness (QED) is 0.324. The van der Waals surface area contributed by atoms with Crippen molar-refractivity contribution in [3.63, 3.8) is 0 Å². The van der Waals surface area contributed by atoms with E-state index in [0.29, 0.717) is 23.2 Å². The Morgan fingerprint density at radius 3 is 2.61 bits per heavy atom. The number of benzene rings is 1. The molecule has 9 nitrogen and oxygen atoms in total. The zero-order valence-electron chi connectivity index (χ0n) is 21.0. The number of ether oxygens (including phenoxy) is 2. The van der Waals surface area contributed by atoms with E-state index in [1.807, 2.05) is 48.3 Å². The molecule has 5 heterocycles. The van der Waals surface area contributed by atoms with Gasteiger partial charge in [0.25, 0.3) is 0 Å². The second kappa shape index (κ2) is 9.53. The number of rotatable bonds is 4. The van der Waals surface area contributed by atoms with Gasteiger partial charge in [-0.1, -0.05) is 0 Å². The Kier molecular flexibility index (Phi) is 6.42. The smallest absolute Gasteiger partial charge is 0.184 e. The minimum atomic E-state index is 0.248. The number of carbonyl (C=O) groups is 1. The third-order valence-corrected chi connectivity index (χ3v) is 7.22. The van der Waals surface area contributed by atoms with Crippen molar-refractivity contribution in [1.82, 2.24) is 24.5 Å². The van der Waals surface area contributed by atoms with Crippen molar-refractivity contribution in [1.29, 1.82) is 0 Å². The van der Waals surface area contributed by atoms with Crippen LogP contribution in [0, 0.1) is 0 Å². The van der Waals surface area contributed by atoms with Crippen LogP contribution in [-0.4, -0.2) is 70.2 Å². The Hall–Kier alpha value is -3.47. The largest absolute Gasteiger partial charge is 0.496 e. The lowest BCUT2D eigenvalue weighted by atomic mass is 10.0. The molecule has 1 aliphatic heterocycles. The zero-order chi connectivity index (χ0) is 25.4. The van der Waals surface area contributed by atoms with Crippen molar-refractivity contribution in [3.05, 3.63) is 46.9 Å². The lowest BCUT2D eigenvalue weighted by Gasteiger charge is -2.39. The summed E-state index contributed by atoms with van der Waals surface area (Å²) < 4.78 is 20.3. The molecule has 4 aromatic heterocycles. The van der Waals surface area contributed by atoms with E-state index in [1.165, 1.54) is 0 Å². The highest BCUT2D eigenvalue weighted by atomic mass is 32.1. The maximum atomic E-state index is 11.5. The monoisotopic (exact) mass is 507 g/mol. The van der Waals surface area contributed by atoms with E-state index in [4.69, 9.17) is 13.9 Å². The number of aromatic nitrogens is 4.